The molecular weight excluding hydrogens is 392 g/mol. The van der Waals surface area contributed by atoms with Gasteiger partial charge in [0.2, 0.25) is 0 Å². The first-order chi connectivity index (χ1) is 13.4. The molecule has 2 saturated heterocycles. The monoisotopic (exact) mass is 424 g/mol. The lowest BCUT2D eigenvalue weighted by Crippen LogP contribution is -2.62. The largest absolute Gasteiger partial charge is 0.477 e. The molecule has 0 aromatic heterocycles. The molecule has 2 fully saturated rings. The summed E-state index contributed by atoms with van der Waals surface area (Å²) in [6.07, 6.45) is -10.2. The normalized spacial score (nSPS) is 45.6. The van der Waals surface area contributed by atoms with E-state index in [4.69, 9.17) is 19.3 Å². The van der Waals surface area contributed by atoms with Gasteiger partial charge in [-0.1, -0.05) is 13.8 Å². The molecule has 0 aromatic rings. The molecule has 9 unspecified atom stereocenters. The van der Waals surface area contributed by atoms with E-state index in [0.717, 1.165) is 0 Å². The van der Waals surface area contributed by atoms with E-state index in [1.807, 2.05) is 0 Å². The molecule has 170 valence electrons. The number of carboxylic acid groups (broad SMARTS) is 1. The van der Waals surface area contributed by atoms with Crippen molar-refractivity contribution in [1.82, 2.24) is 0 Å². The Morgan fingerprint density at radius 1 is 1.14 bits per heavy atom. The molecule has 11 atom stereocenters. The van der Waals surface area contributed by atoms with Gasteiger partial charge in [0.1, 0.15) is 24.4 Å². The highest BCUT2D eigenvalue weighted by molar-refractivity contribution is 5.76. The van der Waals surface area contributed by atoms with Crippen LogP contribution >= 0.6 is 0 Å². The van der Waals surface area contributed by atoms with E-state index >= 15 is 0 Å². The lowest BCUT2D eigenvalue weighted by molar-refractivity contribution is -0.328. The molecule has 0 radical (unpaired) electrons. The van der Waals surface area contributed by atoms with E-state index in [9.17, 15) is 35.4 Å². The average molecular weight is 424 g/mol. The van der Waals surface area contributed by atoms with E-state index in [1.54, 1.807) is 13.8 Å². The molecule has 0 bridgehead atoms. The zero-order valence-corrected chi connectivity index (χ0v) is 16.7. The molecule has 2 aliphatic rings. The Labute approximate surface area is 168 Å². The molecule has 0 amide bonds. The summed E-state index contributed by atoms with van der Waals surface area (Å²) in [6.45, 7) is 3.65. The third-order valence-corrected chi connectivity index (χ3v) is 6.05. The fraction of sp³-hybridized carbons (Fsp3) is 0.944. The Morgan fingerprint density at radius 3 is 2.31 bits per heavy atom. The summed E-state index contributed by atoms with van der Waals surface area (Å²) in [5.74, 6) is -5.07. The maximum absolute atomic E-state index is 12.0. The Balaban J connectivity index is 2.19. The molecule has 0 spiro atoms. The number of aliphatic carboxylic acids is 1. The quantitative estimate of drug-likeness (QED) is 0.228. The highest BCUT2D eigenvalue weighted by Crippen LogP contribution is 2.37. The minimum atomic E-state index is -2.38. The van der Waals surface area contributed by atoms with E-state index in [1.165, 1.54) is 6.92 Å². The van der Waals surface area contributed by atoms with Gasteiger partial charge in [0.05, 0.1) is 37.6 Å². The Morgan fingerprint density at radius 2 is 1.76 bits per heavy atom. The third-order valence-electron chi connectivity index (χ3n) is 6.05. The summed E-state index contributed by atoms with van der Waals surface area (Å²) in [5, 5.41) is 69.4. The predicted octanol–water partition coefficient (Wildman–Crippen LogP) is -2.57. The lowest BCUT2D eigenvalue weighted by Gasteiger charge is -2.46. The van der Waals surface area contributed by atoms with Crippen molar-refractivity contribution in [1.29, 1.82) is 0 Å². The van der Waals surface area contributed by atoms with E-state index < -0.39 is 86.1 Å². The highest BCUT2D eigenvalue weighted by atomic mass is 16.7. The highest BCUT2D eigenvalue weighted by Gasteiger charge is 2.55. The van der Waals surface area contributed by atoms with Crippen LogP contribution in [-0.2, 0) is 19.0 Å². The summed E-state index contributed by atoms with van der Waals surface area (Å²) < 4.78 is 16.6. The number of ether oxygens (including phenoxy) is 3. The summed E-state index contributed by atoms with van der Waals surface area (Å²) in [4.78, 5) is 12.0. The second kappa shape index (κ2) is 9.50. The standard InChI is InChI=1S/C18H32O11/c1-7-9(3)28-12(15(24)13(7)22)6-27-18(17(25)26)4-10(20)8(2)16(29-18)14(23)11(21)5-19/h7-16,19-24H,4-6H2,1-3H3,(H,25,26)/t7?,8?,9?,10?,11-,12?,13?,14-,15?,16?,18?/m1/s1. The van der Waals surface area contributed by atoms with Crippen LogP contribution in [0.5, 0.6) is 0 Å². The number of rotatable bonds is 7. The number of carboxylic acids is 1. The van der Waals surface area contributed by atoms with Gasteiger partial charge in [-0.05, 0) is 6.92 Å². The van der Waals surface area contributed by atoms with E-state index in [0.29, 0.717) is 0 Å². The van der Waals surface area contributed by atoms with Crippen molar-refractivity contribution in [3.63, 3.8) is 0 Å². The third kappa shape index (κ3) is 4.89. The van der Waals surface area contributed by atoms with Gasteiger partial charge in [0, 0.05) is 18.3 Å². The van der Waals surface area contributed by atoms with Crippen LogP contribution in [0.2, 0.25) is 0 Å². The topological polar surface area (TPSA) is 186 Å². The van der Waals surface area contributed by atoms with Gasteiger partial charge in [-0.3, -0.25) is 0 Å². The summed E-state index contributed by atoms with van der Waals surface area (Å²) >= 11 is 0. The maximum Gasteiger partial charge on any atom is 0.364 e. The molecule has 0 aromatic carbocycles. The molecule has 11 nitrogen and oxygen atoms in total. The van der Waals surface area contributed by atoms with Crippen molar-refractivity contribution in [3.8, 4) is 0 Å². The predicted molar refractivity (Wildman–Crippen MR) is 95.6 cm³/mol. The van der Waals surface area contributed by atoms with Gasteiger partial charge in [-0.15, -0.1) is 0 Å². The Bertz CT molecular complexity index is 560. The van der Waals surface area contributed by atoms with Gasteiger partial charge < -0.3 is 50.0 Å². The molecular formula is C18H32O11. The van der Waals surface area contributed by atoms with Crippen molar-refractivity contribution in [2.45, 2.75) is 81.8 Å². The molecule has 29 heavy (non-hydrogen) atoms. The number of carbonyl (C=O) groups is 1. The minimum Gasteiger partial charge on any atom is -0.477 e. The van der Waals surface area contributed by atoms with E-state index in [2.05, 4.69) is 0 Å². The fourth-order valence-corrected chi connectivity index (χ4v) is 3.70. The first-order valence-corrected chi connectivity index (χ1v) is 9.67. The van der Waals surface area contributed by atoms with Crippen LogP contribution in [-0.4, -0.2) is 110 Å². The molecule has 0 saturated carbocycles. The Hall–Kier alpha value is -0.890. The second-order valence-corrected chi connectivity index (χ2v) is 8.04. The van der Waals surface area contributed by atoms with E-state index in [-0.39, 0.29) is 5.92 Å². The summed E-state index contributed by atoms with van der Waals surface area (Å²) in [6, 6.07) is 0. The van der Waals surface area contributed by atoms with Gasteiger partial charge >= 0.3 is 5.97 Å². The molecule has 2 aliphatic heterocycles. The van der Waals surface area contributed by atoms with Gasteiger partial charge in [0.25, 0.3) is 5.79 Å². The van der Waals surface area contributed by atoms with Gasteiger partial charge in [-0.25, -0.2) is 4.79 Å². The van der Waals surface area contributed by atoms with Crippen molar-refractivity contribution in [2.75, 3.05) is 13.2 Å². The second-order valence-electron chi connectivity index (χ2n) is 8.04. The molecule has 7 N–H and O–H groups in total. The Kier molecular flexibility index (Phi) is 7.99. The van der Waals surface area contributed by atoms with Crippen molar-refractivity contribution < 1.29 is 54.8 Å². The van der Waals surface area contributed by atoms with Crippen LogP contribution < -0.4 is 0 Å². The lowest BCUT2D eigenvalue weighted by atomic mass is 9.84. The first-order valence-electron chi connectivity index (χ1n) is 9.67. The number of hydrogen-bond acceptors (Lipinski definition) is 10. The number of aliphatic hydroxyl groups excluding tert-OH is 6. The first kappa shape index (κ1) is 24.4. The smallest absolute Gasteiger partial charge is 0.364 e. The van der Waals surface area contributed by atoms with Crippen molar-refractivity contribution in [3.05, 3.63) is 0 Å². The van der Waals surface area contributed by atoms with Crippen LogP contribution in [0.1, 0.15) is 27.2 Å². The SMILES string of the molecule is CC1OC(COC2(C(=O)O)CC(O)C(C)C([C@H](O)[C@H](O)CO)O2)C(O)C(O)C1C. The van der Waals surface area contributed by atoms with Crippen LogP contribution in [0.15, 0.2) is 0 Å². The maximum atomic E-state index is 12.0. The minimum absolute atomic E-state index is 0.345. The van der Waals surface area contributed by atoms with Crippen LogP contribution in [0.3, 0.4) is 0 Å². The summed E-state index contributed by atoms with van der Waals surface area (Å²) in [5.41, 5.74) is 0. The van der Waals surface area contributed by atoms with Gasteiger partial charge in [0.15, 0.2) is 0 Å². The zero-order valence-electron chi connectivity index (χ0n) is 16.7. The van der Waals surface area contributed by atoms with Crippen LogP contribution in [0.4, 0.5) is 0 Å². The van der Waals surface area contributed by atoms with Crippen LogP contribution in [0.25, 0.3) is 0 Å². The van der Waals surface area contributed by atoms with Gasteiger partial charge in [-0.2, -0.15) is 0 Å². The summed E-state index contributed by atoms with van der Waals surface area (Å²) in [7, 11) is 0. The molecule has 2 rings (SSSR count). The van der Waals surface area contributed by atoms with Crippen LogP contribution in [0, 0.1) is 11.8 Å². The molecule has 11 heteroatoms. The molecule has 2 heterocycles. The van der Waals surface area contributed by atoms with Crippen molar-refractivity contribution >= 4 is 5.97 Å². The zero-order chi connectivity index (χ0) is 22.1. The van der Waals surface area contributed by atoms with Crippen molar-refractivity contribution in [2.24, 2.45) is 11.8 Å². The molecule has 0 aliphatic carbocycles. The fourth-order valence-electron chi connectivity index (χ4n) is 3.70. The average Bonchev–Trinajstić information content (AvgIpc) is 2.69. The number of aliphatic hydroxyl groups is 6. The number of hydrogen-bond donors (Lipinski definition) is 7.